The van der Waals surface area contributed by atoms with Gasteiger partial charge in [-0.1, -0.05) is 85.5 Å². The van der Waals surface area contributed by atoms with Crippen LogP contribution in [0.15, 0.2) is 104 Å². The molecule has 1 aromatic heterocycles. The number of benzene rings is 3. The predicted octanol–water partition coefficient (Wildman–Crippen LogP) is 5.42. The molecule has 2 aliphatic rings. The number of rotatable bonds is 11. The number of aromatic nitrogens is 2. The first kappa shape index (κ1) is 32.3. The fourth-order valence-corrected chi connectivity index (χ4v) is 6.03. The molecule has 3 atom stereocenters. The second-order valence-corrected chi connectivity index (χ2v) is 11.7. The molecular formula is C37H41N5O5. The van der Waals surface area contributed by atoms with Crippen molar-refractivity contribution in [1.82, 2.24) is 20.2 Å². The minimum Gasteiger partial charge on any atom is -0.445 e. The summed E-state index contributed by atoms with van der Waals surface area (Å²) in [6.45, 7) is 8.39. The van der Waals surface area contributed by atoms with Crippen LogP contribution in [0.1, 0.15) is 41.1 Å². The standard InChI is InChI=1S/C37H41N5O5/c1-2-22-45-37(44)40-24-31-6-3-4-7-33(31)28-12-14-30(15-13-28)35-46-32(23-34(47-35)29-10-8-27(26-43)9-11-29)25-41-18-20-42(21-19-41)36-38-16-5-17-39-36/h2-17,32,34-35,43H,1,18-26H2,(H,40,44). The lowest BCUT2D eigenvalue weighted by molar-refractivity contribution is -0.253. The summed E-state index contributed by atoms with van der Waals surface area (Å²) in [7, 11) is 0. The van der Waals surface area contributed by atoms with E-state index in [1.54, 1.807) is 12.4 Å². The molecule has 2 N–H and O–H groups in total. The van der Waals surface area contributed by atoms with Crippen LogP contribution in [0.5, 0.6) is 0 Å². The maximum absolute atomic E-state index is 12.0. The minimum atomic E-state index is -0.541. The molecule has 2 fully saturated rings. The average molecular weight is 636 g/mol. The highest BCUT2D eigenvalue weighted by atomic mass is 16.7. The molecule has 47 heavy (non-hydrogen) atoms. The number of nitrogens with zero attached hydrogens (tertiary/aromatic N) is 4. The fourth-order valence-electron chi connectivity index (χ4n) is 6.03. The molecule has 0 radical (unpaired) electrons. The van der Waals surface area contributed by atoms with Gasteiger partial charge in [0.05, 0.1) is 18.8 Å². The SMILES string of the molecule is C=CCOC(=O)NCc1ccccc1-c1ccc(C2OC(CN3CCN(c4ncccn4)CC3)CC(c3ccc(CO)cc3)O2)cc1. The first-order valence-electron chi connectivity index (χ1n) is 16.0. The zero-order valence-electron chi connectivity index (χ0n) is 26.4. The van der Waals surface area contributed by atoms with Crippen LogP contribution in [0, 0.1) is 0 Å². The number of carbonyl (C=O) groups excluding carboxylic acids is 1. The lowest BCUT2D eigenvalue weighted by atomic mass is 9.97. The Labute approximate surface area is 275 Å². The third-order valence-electron chi connectivity index (χ3n) is 8.55. The number of carbonyl (C=O) groups is 1. The number of hydrogen-bond acceptors (Lipinski definition) is 9. The van der Waals surface area contributed by atoms with Gasteiger partial charge in [0.2, 0.25) is 5.95 Å². The van der Waals surface area contributed by atoms with E-state index in [9.17, 15) is 9.90 Å². The molecule has 3 heterocycles. The Morgan fingerprint density at radius 3 is 2.38 bits per heavy atom. The van der Waals surface area contributed by atoms with Crippen LogP contribution in [-0.4, -0.2) is 71.5 Å². The van der Waals surface area contributed by atoms with Gasteiger partial charge in [0.25, 0.3) is 0 Å². The molecule has 1 amide bonds. The molecule has 10 nitrogen and oxygen atoms in total. The monoisotopic (exact) mass is 635 g/mol. The summed E-state index contributed by atoms with van der Waals surface area (Å²) in [5.41, 5.74) is 5.89. The minimum absolute atomic E-state index is 0.00506. The highest BCUT2D eigenvalue weighted by molar-refractivity contribution is 5.70. The van der Waals surface area contributed by atoms with Gasteiger partial charge in [-0.2, -0.15) is 0 Å². The zero-order valence-corrected chi connectivity index (χ0v) is 26.4. The van der Waals surface area contributed by atoms with E-state index < -0.39 is 12.4 Å². The van der Waals surface area contributed by atoms with Gasteiger partial charge >= 0.3 is 6.09 Å². The molecular weight excluding hydrogens is 594 g/mol. The summed E-state index contributed by atoms with van der Waals surface area (Å²) >= 11 is 0. The fraction of sp³-hybridized carbons (Fsp3) is 0.324. The molecule has 10 heteroatoms. The zero-order chi connectivity index (χ0) is 32.4. The van der Waals surface area contributed by atoms with E-state index in [0.29, 0.717) is 6.54 Å². The van der Waals surface area contributed by atoms with Crippen LogP contribution >= 0.6 is 0 Å². The molecule has 0 aliphatic carbocycles. The number of nitrogens with one attached hydrogen (secondary N) is 1. The van der Waals surface area contributed by atoms with E-state index in [1.165, 1.54) is 6.08 Å². The third kappa shape index (κ3) is 8.41. The highest BCUT2D eigenvalue weighted by Gasteiger charge is 2.34. The van der Waals surface area contributed by atoms with Crippen molar-refractivity contribution in [3.8, 4) is 11.1 Å². The van der Waals surface area contributed by atoms with Gasteiger partial charge in [-0.3, -0.25) is 4.90 Å². The number of ether oxygens (including phenoxy) is 3. The second kappa shape index (κ2) is 15.8. The van der Waals surface area contributed by atoms with Crippen molar-refractivity contribution in [1.29, 1.82) is 0 Å². The van der Waals surface area contributed by atoms with E-state index in [2.05, 4.69) is 55.9 Å². The Hall–Kier alpha value is -4.61. The first-order valence-corrected chi connectivity index (χ1v) is 16.0. The van der Waals surface area contributed by atoms with E-state index in [4.69, 9.17) is 14.2 Å². The number of amides is 1. The smallest absolute Gasteiger partial charge is 0.407 e. The van der Waals surface area contributed by atoms with Crippen LogP contribution in [0.25, 0.3) is 11.1 Å². The summed E-state index contributed by atoms with van der Waals surface area (Å²) < 4.78 is 18.3. The number of aliphatic hydroxyl groups is 1. The summed E-state index contributed by atoms with van der Waals surface area (Å²) in [5.74, 6) is 0.772. The molecule has 244 valence electrons. The molecule has 4 aromatic rings. The van der Waals surface area contributed by atoms with Crippen molar-refractivity contribution in [2.24, 2.45) is 0 Å². The highest BCUT2D eigenvalue weighted by Crippen LogP contribution is 2.39. The summed E-state index contributed by atoms with van der Waals surface area (Å²) in [5, 5.41) is 12.4. The average Bonchev–Trinajstić information content (AvgIpc) is 3.14. The van der Waals surface area contributed by atoms with Crippen LogP contribution in [0.4, 0.5) is 10.7 Å². The van der Waals surface area contributed by atoms with Crippen molar-refractivity contribution in [3.05, 3.63) is 126 Å². The van der Waals surface area contributed by atoms with Gasteiger partial charge in [-0.25, -0.2) is 14.8 Å². The van der Waals surface area contributed by atoms with Gasteiger partial charge in [0.15, 0.2) is 6.29 Å². The van der Waals surface area contributed by atoms with Crippen molar-refractivity contribution in [2.45, 2.75) is 38.1 Å². The molecule has 2 saturated heterocycles. The lowest BCUT2D eigenvalue weighted by Gasteiger charge is -2.40. The summed E-state index contributed by atoms with van der Waals surface area (Å²) in [6, 6.07) is 26.0. The normalized spacial score (nSPS) is 20.0. The number of hydrogen-bond donors (Lipinski definition) is 2. The van der Waals surface area contributed by atoms with Crippen molar-refractivity contribution >= 4 is 12.0 Å². The maximum Gasteiger partial charge on any atom is 0.407 e. The third-order valence-corrected chi connectivity index (χ3v) is 8.55. The van der Waals surface area contributed by atoms with Gasteiger partial charge in [0.1, 0.15) is 6.61 Å². The molecule has 0 spiro atoms. The van der Waals surface area contributed by atoms with Crippen molar-refractivity contribution in [2.75, 3.05) is 44.2 Å². The van der Waals surface area contributed by atoms with Crippen LogP contribution < -0.4 is 10.2 Å². The molecule has 2 aliphatic heterocycles. The van der Waals surface area contributed by atoms with Gasteiger partial charge < -0.3 is 29.5 Å². The van der Waals surface area contributed by atoms with E-state index in [0.717, 1.165) is 78.5 Å². The number of aliphatic hydroxyl groups excluding tert-OH is 1. The molecule has 0 saturated carbocycles. The number of alkyl carbamates (subject to hydrolysis) is 1. The van der Waals surface area contributed by atoms with Gasteiger partial charge in [-0.15, -0.1) is 0 Å². The quantitative estimate of drug-likeness (QED) is 0.209. The Balaban J connectivity index is 1.15. The van der Waals surface area contributed by atoms with E-state index in [-0.39, 0.29) is 25.4 Å². The Kier molecular flexibility index (Phi) is 10.9. The number of anilines is 1. The van der Waals surface area contributed by atoms with E-state index >= 15 is 0 Å². The van der Waals surface area contributed by atoms with E-state index in [1.807, 2.05) is 54.6 Å². The molecule has 6 rings (SSSR count). The second-order valence-electron chi connectivity index (χ2n) is 11.7. The van der Waals surface area contributed by atoms with Gasteiger partial charge in [-0.05, 0) is 33.9 Å². The maximum atomic E-state index is 12.0. The first-order chi connectivity index (χ1) is 23.1. The van der Waals surface area contributed by atoms with Crippen LogP contribution in [0.3, 0.4) is 0 Å². The topological polar surface area (TPSA) is 109 Å². The van der Waals surface area contributed by atoms with Gasteiger partial charge in [0, 0.05) is 63.6 Å². The Morgan fingerprint density at radius 1 is 0.936 bits per heavy atom. The van der Waals surface area contributed by atoms with Crippen LogP contribution in [-0.2, 0) is 27.4 Å². The number of piperazine rings is 1. The van der Waals surface area contributed by atoms with Crippen molar-refractivity contribution in [3.63, 3.8) is 0 Å². The van der Waals surface area contributed by atoms with Crippen LogP contribution in [0.2, 0.25) is 0 Å². The lowest BCUT2D eigenvalue weighted by Crippen LogP contribution is -2.50. The molecule has 3 aromatic carbocycles. The molecule has 0 bridgehead atoms. The largest absolute Gasteiger partial charge is 0.445 e. The Morgan fingerprint density at radius 2 is 1.66 bits per heavy atom. The predicted molar refractivity (Wildman–Crippen MR) is 179 cm³/mol. The van der Waals surface area contributed by atoms with Crippen molar-refractivity contribution < 1.29 is 24.1 Å². The summed E-state index contributed by atoms with van der Waals surface area (Å²) in [4.78, 5) is 25.5. The molecule has 3 unspecified atom stereocenters. The Bertz CT molecular complexity index is 1590. The summed E-state index contributed by atoms with van der Waals surface area (Å²) in [6.07, 6.45) is 4.61.